The van der Waals surface area contributed by atoms with Crippen molar-refractivity contribution in [1.29, 1.82) is 0 Å². The number of rotatable bonds is 10. The average Bonchev–Trinajstić information content (AvgIpc) is 2.59. The van der Waals surface area contributed by atoms with E-state index in [1.54, 1.807) is 12.1 Å². The molecule has 8 heteroatoms. The minimum atomic E-state index is -3.70. The summed E-state index contributed by atoms with van der Waals surface area (Å²) in [6, 6.07) is 6.58. The van der Waals surface area contributed by atoms with Gasteiger partial charge in [0.1, 0.15) is 0 Å². The van der Waals surface area contributed by atoms with E-state index < -0.39 is 28.0 Å². The Morgan fingerprint density at radius 3 is 2.35 bits per heavy atom. The van der Waals surface area contributed by atoms with Crippen molar-refractivity contribution < 1.29 is 22.7 Å². The Morgan fingerprint density at radius 2 is 1.81 bits per heavy atom. The smallest absolute Gasteiger partial charge is 0.307 e. The second kappa shape index (κ2) is 10.1. The fourth-order valence-corrected chi connectivity index (χ4v) is 3.06. The number of carbonyl (C=O) groups is 2. The molecule has 144 valence electrons. The molecule has 0 heterocycles. The molecule has 0 unspecified atom stereocenters. The molecule has 0 aliphatic rings. The van der Waals surface area contributed by atoms with Crippen molar-refractivity contribution in [3.05, 3.63) is 42.5 Å². The Bertz CT molecular complexity index is 726. The fraction of sp³-hybridized carbons (Fsp3) is 0.444. The number of sulfonamides is 1. The molecule has 0 bridgehead atoms. The predicted octanol–water partition coefficient (Wildman–Crippen LogP) is 1.71. The normalized spacial score (nSPS) is 12.5. The third-order valence-electron chi connectivity index (χ3n) is 3.58. The van der Waals surface area contributed by atoms with Crippen molar-refractivity contribution in [3.8, 4) is 0 Å². The lowest BCUT2D eigenvalue weighted by Crippen LogP contribution is -2.36. The van der Waals surface area contributed by atoms with Gasteiger partial charge in [-0.15, -0.1) is 6.58 Å². The minimum absolute atomic E-state index is 0.117. The molecule has 0 saturated carbocycles. The fourth-order valence-electron chi connectivity index (χ4n) is 2.03. The summed E-state index contributed by atoms with van der Waals surface area (Å²) in [6.45, 7) is 9.10. The number of amides is 1. The lowest BCUT2D eigenvalue weighted by molar-refractivity contribution is -0.154. The first-order valence-electron chi connectivity index (χ1n) is 8.35. The zero-order valence-electron chi connectivity index (χ0n) is 15.3. The van der Waals surface area contributed by atoms with Gasteiger partial charge in [-0.1, -0.05) is 32.1 Å². The van der Waals surface area contributed by atoms with Crippen molar-refractivity contribution in [1.82, 2.24) is 10.0 Å². The van der Waals surface area contributed by atoms with Gasteiger partial charge < -0.3 is 10.1 Å². The predicted molar refractivity (Wildman–Crippen MR) is 99.1 cm³/mol. The Balaban J connectivity index is 2.49. The van der Waals surface area contributed by atoms with Crippen LogP contribution in [0, 0.1) is 0 Å². The number of carbonyl (C=O) groups excluding carboxylic acids is 2. The van der Waals surface area contributed by atoms with E-state index >= 15 is 0 Å². The van der Waals surface area contributed by atoms with E-state index in [9.17, 15) is 18.0 Å². The van der Waals surface area contributed by atoms with E-state index in [1.807, 2.05) is 13.8 Å². The van der Waals surface area contributed by atoms with Crippen molar-refractivity contribution >= 4 is 21.9 Å². The van der Waals surface area contributed by atoms with E-state index in [4.69, 9.17) is 4.74 Å². The van der Waals surface area contributed by atoms with Crippen molar-refractivity contribution in [2.24, 2.45) is 0 Å². The average molecular weight is 382 g/mol. The maximum absolute atomic E-state index is 12.2. The van der Waals surface area contributed by atoms with Gasteiger partial charge in [0.15, 0.2) is 6.10 Å². The molecule has 0 fully saturated rings. The van der Waals surface area contributed by atoms with Gasteiger partial charge in [0.05, 0.1) is 11.3 Å². The van der Waals surface area contributed by atoms with Crippen LogP contribution in [-0.4, -0.2) is 39.5 Å². The molecule has 0 spiro atoms. The summed E-state index contributed by atoms with van der Waals surface area (Å²) < 4.78 is 31.7. The number of hydrogen-bond donors (Lipinski definition) is 2. The van der Waals surface area contributed by atoms with Crippen LogP contribution in [0.15, 0.2) is 41.8 Å². The van der Waals surface area contributed by atoms with E-state index in [-0.39, 0.29) is 24.4 Å². The monoisotopic (exact) mass is 382 g/mol. The van der Waals surface area contributed by atoms with Crippen LogP contribution in [0.5, 0.6) is 0 Å². The highest BCUT2D eigenvalue weighted by Crippen LogP contribution is 2.17. The van der Waals surface area contributed by atoms with Gasteiger partial charge in [-0.2, -0.15) is 0 Å². The van der Waals surface area contributed by atoms with Gasteiger partial charge in [0.2, 0.25) is 10.0 Å². The molecule has 1 amide bonds. The largest absolute Gasteiger partial charge is 0.453 e. The highest BCUT2D eigenvalue weighted by atomic mass is 32.2. The van der Waals surface area contributed by atoms with Gasteiger partial charge in [-0.25, -0.2) is 13.1 Å². The van der Waals surface area contributed by atoms with Gasteiger partial charge >= 0.3 is 5.97 Å². The zero-order valence-corrected chi connectivity index (χ0v) is 16.1. The van der Waals surface area contributed by atoms with Crippen LogP contribution < -0.4 is 10.0 Å². The molecule has 0 saturated heterocycles. The lowest BCUT2D eigenvalue weighted by atomic mass is 10.0. The molecule has 26 heavy (non-hydrogen) atoms. The number of benzene rings is 1. The van der Waals surface area contributed by atoms with Crippen molar-refractivity contribution in [2.45, 2.75) is 44.1 Å². The SMILES string of the molecule is C=CCNC(=O)[C@H](C)OC(=O)CCNS(=O)(=O)c1ccc(C(C)C)cc1. The Hall–Kier alpha value is -2.19. The molecular weight excluding hydrogens is 356 g/mol. The third kappa shape index (κ3) is 6.97. The molecule has 0 radical (unpaired) electrons. The van der Waals surface area contributed by atoms with Gasteiger partial charge in [-0.3, -0.25) is 9.59 Å². The van der Waals surface area contributed by atoms with E-state index in [1.165, 1.54) is 25.1 Å². The summed E-state index contributed by atoms with van der Waals surface area (Å²) in [7, 11) is -3.70. The Morgan fingerprint density at radius 1 is 1.19 bits per heavy atom. The van der Waals surface area contributed by atoms with Gasteiger partial charge in [0.25, 0.3) is 5.91 Å². The molecule has 1 aromatic carbocycles. The summed E-state index contributed by atoms with van der Waals surface area (Å²) in [5, 5.41) is 2.51. The quantitative estimate of drug-likeness (QED) is 0.474. The molecule has 7 nitrogen and oxygen atoms in total. The Kier molecular flexibility index (Phi) is 8.47. The molecule has 1 aromatic rings. The standard InChI is InChI=1S/C18H26N2O5S/c1-5-11-19-18(22)14(4)25-17(21)10-12-20-26(23,24)16-8-6-15(7-9-16)13(2)3/h5-9,13-14,20H,1,10-12H2,2-4H3,(H,19,22)/t14-/m0/s1. The second-order valence-electron chi connectivity index (χ2n) is 6.04. The number of hydrogen-bond acceptors (Lipinski definition) is 5. The first-order valence-corrected chi connectivity index (χ1v) is 9.83. The zero-order chi connectivity index (χ0) is 19.7. The molecular formula is C18H26N2O5S. The Labute approximate surface area is 154 Å². The summed E-state index contributed by atoms with van der Waals surface area (Å²) in [5.74, 6) is -0.798. The second-order valence-corrected chi connectivity index (χ2v) is 7.80. The maximum atomic E-state index is 12.2. The van der Waals surface area contributed by atoms with Crippen LogP contribution in [-0.2, 0) is 24.3 Å². The summed E-state index contributed by atoms with van der Waals surface area (Å²) in [4.78, 5) is 23.4. The topological polar surface area (TPSA) is 102 Å². The first kappa shape index (κ1) is 21.9. The number of ether oxygens (including phenoxy) is 1. The third-order valence-corrected chi connectivity index (χ3v) is 5.05. The first-order chi connectivity index (χ1) is 12.2. The highest BCUT2D eigenvalue weighted by Gasteiger charge is 2.18. The van der Waals surface area contributed by atoms with E-state index in [0.717, 1.165) is 5.56 Å². The van der Waals surface area contributed by atoms with Crippen LogP contribution in [0.4, 0.5) is 0 Å². The molecule has 0 aliphatic heterocycles. The van der Waals surface area contributed by atoms with E-state index in [2.05, 4.69) is 16.6 Å². The molecule has 0 aromatic heterocycles. The lowest BCUT2D eigenvalue weighted by Gasteiger charge is -2.13. The highest BCUT2D eigenvalue weighted by molar-refractivity contribution is 7.89. The molecule has 1 atom stereocenters. The minimum Gasteiger partial charge on any atom is -0.453 e. The van der Waals surface area contributed by atoms with E-state index in [0.29, 0.717) is 5.92 Å². The van der Waals surface area contributed by atoms with Crippen LogP contribution in [0.1, 0.15) is 38.7 Å². The number of nitrogens with one attached hydrogen (secondary N) is 2. The van der Waals surface area contributed by atoms with Gasteiger partial charge in [-0.05, 0) is 30.5 Å². The summed E-state index contributed by atoms with van der Waals surface area (Å²) in [6.07, 6.45) is 0.375. The molecule has 1 rings (SSSR count). The maximum Gasteiger partial charge on any atom is 0.307 e. The van der Waals surface area contributed by atoms with Crippen LogP contribution in [0.25, 0.3) is 0 Å². The van der Waals surface area contributed by atoms with Crippen molar-refractivity contribution in [3.63, 3.8) is 0 Å². The number of esters is 1. The molecule has 0 aliphatic carbocycles. The summed E-state index contributed by atoms with van der Waals surface area (Å²) in [5.41, 5.74) is 1.04. The van der Waals surface area contributed by atoms with Crippen molar-refractivity contribution in [2.75, 3.05) is 13.1 Å². The van der Waals surface area contributed by atoms with Crippen LogP contribution in [0.2, 0.25) is 0 Å². The van der Waals surface area contributed by atoms with Gasteiger partial charge in [0, 0.05) is 13.1 Å². The van der Waals surface area contributed by atoms with Crippen LogP contribution in [0.3, 0.4) is 0 Å². The summed E-state index contributed by atoms with van der Waals surface area (Å²) >= 11 is 0. The molecule has 2 N–H and O–H groups in total. The van der Waals surface area contributed by atoms with Crippen LogP contribution >= 0.6 is 0 Å².